The van der Waals surface area contributed by atoms with E-state index in [9.17, 15) is 4.39 Å². The molecule has 2 aliphatic rings. The van der Waals surface area contributed by atoms with Crippen molar-refractivity contribution in [3.8, 4) is 0 Å². The van der Waals surface area contributed by atoms with Crippen LogP contribution in [-0.4, -0.2) is 16.2 Å². The Hall–Kier alpha value is -2.17. The number of hydrogen-bond acceptors (Lipinski definition) is 2. The molecule has 2 unspecified atom stereocenters. The van der Waals surface area contributed by atoms with Gasteiger partial charge in [-0.1, -0.05) is 20.8 Å². The van der Waals surface area contributed by atoms with Gasteiger partial charge in [0.2, 0.25) is 0 Å². The molecule has 2 aromatic rings. The van der Waals surface area contributed by atoms with Crippen molar-refractivity contribution in [2.24, 2.45) is 28.9 Å². The van der Waals surface area contributed by atoms with Gasteiger partial charge in [0.05, 0.1) is 5.52 Å². The van der Waals surface area contributed by atoms with Crippen molar-refractivity contribution in [3.05, 3.63) is 41.8 Å². The Morgan fingerprint density at radius 3 is 2.39 bits per heavy atom. The summed E-state index contributed by atoms with van der Waals surface area (Å²) in [6, 6.07) is 7.09. The van der Waals surface area contributed by atoms with Crippen LogP contribution in [0, 0.1) is 29.0 Å². The molecule has 2 saturated carbocycles. The predicted octanol–water partition coefficient (Wildman–Crippen LogP) is 5.95. The molecular formula is C23H31FN2O2. The maximum absolute atomic E-state index is 13.7. The average Bonchev–Trinajstić information content (AvgIpc) is 3.42. The lowest BCUT2D eigenvalue weighted by Crippen LogP contribution is -2.18. The number of nitrogens with zero attached hydrogens (tertiary/aromatic N) is 1. The average molecular weight is 387 g/mol. The molecule has 5 heteroatoms. The standard InChI is InChI=1S/C22H28FN.CH3NO2/c1-22(2,3)20-13-18(20)15-6-4-14(5-7-15)17-10-11-24-21-9-8-16(23)12-19(17)21;2-1(3)4/h8-12,14-15,18,20H,4-7,13H2,1-3H3;2H2,(H,3,4). The first-order chi connectivity index (χ1) is 13.2. The summed E-state index contributed by atoms with van der Waals surface area (Å²) in [4.78, 5) is 13.2. The number of halogens is 1. The van der Waals surface area contributed by atoms with Crippen LogP contribution in [0.5, 0.6) is 0 Å². The maximum atomic E-state index is 13.7. The third-order valence-corrected chi connectivity index (χ3v) is 6.51. The second-order valence-electron chi connectivity index (χ2n) is 9.38. The zero-order chi connectivity index (χ0) is 20.5. The van der Waals surface area contributed by atoms with Crippen molar-refractivity contribution in [3.63, 3.8) is 0 Å². The number of carboxylic acid groups (broad SMARTS) is 1. The smallest absolute Gasteiger partial charge is 0.402 e. The van der Waals surface area contributed by atoms with E-state index >= 15 is 0 Å². The molecule has 1 heterocycles. The number of hydrogen-bond donors (Lipinski definition) is 2. The highest BCUT2D eigenvalue weighted by Gasteiger charge is 2.49. The van der Waals surface area contributed by atoms with Crippen LogP contribution in [0.2, 0.25) is 0 Å². The minimum absolute atomic E-state index is 0.156. The first-order valence-corrected chi connectivity index (χ1v) is 10.2. The van der Waals surface area contributed by atoms with Gasteiger partial charge in [-0.2, -0.15) is 0 Å². The van der Waals surface area contributed by atoms with Crippen molar-refractivity contribution in [2.45, 2.75) is 58.8 Å². The Kier molecular flexibility index (Phi) is 5.92. The summed E-state index contributed by atoms with van der Waals surface area (Å²) in [5.74, 6) is 3.21. The van der Waals surface area contributed by atoms with Crippen LogP contribution in [0.3, 0.4) is 0 Å². The summed E-state index contributed by atoms with van der Waals surface area (Å²) in [6.07, 6.45) is 7.14. The number of nitrogens with two attached hydrogens (primary N) is 1. The third kappa shape index (κ3) is 4.81. The van der Waals surface area contributed by atoms with Crippen LogP contribution >= 0.6 is 0 Å². The van der Waals surface area contributed by atoms with E-state index in [-0.39, 0.29) is 5.82 Å². The molecule has 4 rings (SSSR count). The van der Waals surface area contributed by atoms with E-state index in [4.69, 9.17) is 9.90 Å². The number of amides is 1. The van der Waals surface area contributed by atoms with E-state index in [2.05, 4.69) is 37.6 Å². The molecular weight excluding hydrogens is 355 g/mol. The van der Waals surface area contributed by atoms with Gasteiger partial charge in [-0.05, 0) is 91.0 Å². The van der Waals surface area contributed by atoms with E-state index < -0.39 is 6.09 Å². The topological polar surface area (TPSA) is 76.2 Å². The minimum Gasteiger partial charge on any atom is -0.465 e. The second-order valence-corrected chi connectivity index (χ2v) is 9.38. The van der Waals surface area contributed by atoms with Crippen LogP contribution < -0.4 is 5.73 Å². The molecule has 1 amide bonds. The largest absolute Gasteiger partial charge is 0.465 e. The summed E-state index contributed by atoms with van der Waals surface area (Å²) in [5.41, 5.74) is 6.73. The van der Waals surface area contributed by atoms with Gasteiger partial charge in [-0.15, -0.1) is 0 Å². The van der Waals surface area contributed by atoms with Crippen molar-refractivity contribution in [1.82, 2.24) is 4.98 Å². The third-order valence-electron chi connectivity index (χ3n) is 6.51. The fraction of sp³-hybridized carbons (Fsp3) is 0.565. The fourth-order valence-corrected chi connectivity index (χ4v) is 5.09. The lowest BCUT2D eigenvalue weighted by Gasteiger charge is -2.31. The van der Waals surface area contributed by atoms with Gasteiger partial charge < -0.3 is 10.8 Å². The van der Waals surface area contributed by atoms with E-state index in [0.29, 0.717) is 11.3 Å². The van der Waals surface area contributed by atoms with Gasteiger partial charge in [0.15, 0.2) is 0 Å². The molecule has 2 aliphatic carbocycles. The molecule has 2 atom stereocenters. The second kappa shape index (κ2) is 8.06. The van der Waals surface area contributed by atoms with Gasteiger partial charge in [0.25, 0.3) is 0 Å². The lowest BCUT2D eigenvalue weighted by molar-refractivity contribution is 0.205. The van der Waals surface area contributed by atoms with Crippen LogP contribution in [0.4, 0.5) is 9.18 Å². The molecule has 4 nitrogen and oxygen atoms in total. The molecule has 152 valence electrons. The summed E-state index contributed by atoms with van der Waals surface area (Å²) < 4.78 is 13.7. The van der Waals surface area contributed by atoms with Gasteiger partial charge in [-0.25, -0.2) is 9.18 Å². The molecule has 28 heavy (non-hydrogen) atoms. The number of primary amides is 1. The number of fused-ring (bicyclic) bond motifs is 1. The fourth-order valence-electron chi connectivity index (χ4n) is 5.09. The summed E-state index contributed by atoms with van der Waals surface area (Å²) in [6.45, 7) is 7.17. The molecule has 0 saturated heterocycles. The number of pyridine rings is 1. The van der Waals surface area contributed by atoms with E-state index in [0.717, 1.165) is 28.7 Å². The zero-order valence-corrected chi connectivity index (χ0v) is 17.0. The zero-order valence-electron chi connectivity index (χ0n) is 17.0. The molecule has 0 radical (unpaired) electrons. The molecule has 0 aliphatic heterocycles. The van der Waals surface area contributed by atoms with Crippen molar-refractivity contribution < 1.29 is 14.3 Å². The van der Waals surface area contributed by atoms with Crippen LogP contribution in [0.1, 0.15) is 64.4 Å². The monoisotopic (exact) mass is 386 g/mol. The number of rotatable bonds is 2. The maximum Gasteiger partial charge on any atom is 0.402 e. The highest BCUT2D eigenvalue weighted by molar-refractivity contribution is 5.82. The van der Waals surface area contributed by atoms with Gasteiger partial charge in [-0.3, -0.25) is 4.98 Å². The molecule has 2 fully saturated rings. The van der Waals surface area contributed by atoms with E-state index in [1.54, 1.807) is 12.1 Å². The summed E-state index contributed by atoms with van der Waals surface area (Å²) >= 11 is 0. The SMILES string of the molecule is CC(C)(C)C1CC1C1CCC(c2ccnc3ccc(F)cc23)CC1.NC(=O)O. The van der Waals surface area contributed by atoms with Crippen molar-refractivity contribution >= 4 is 17.0 Å². The molecule has 3 N–H and O–H groups in total. The van der Waals surface area contributed by atoms with Crippen molar-refractivity contribution in [1.29, 1.82) is 0 Å². The predicted molar refractivity (Wildman–Crippen MR) is 110 cm³/mol. The van der Waals surface area contributed by atoms with E-state index in [1.807, 2.05) is 6.20 Å². The number of aromatic nitrogens is 1. The van der Waals surface area contributed by atoms with Gasteiger partial charge in [0, 0.05) is 11.6 Å². The molecule has 1 aromatic carbocycles. The Labute approximate surface area is 166 Å². The first kappa shape index (κ1) is 20.6. The Morgan fingerprint density at radius 1 is 1.18 bits per heavy atom. The summed E-state index contributed by atoms with van der Waals surface area (Å²) in [7, 11) is 0. The first-order valence-electron chi connectivity index (χ1n) is 10.2. The number of benzene rings is 1. The highest BCUT2D eigenvalue weighted by Crippen LogP contribution is 2.58. The van der Waals surface area contributed by atoms with Crippen LogP contribution in [-0.2, 0) is 0 Å². The minimum atomic E-state index is -1.33. The molecule has 1 aromatic heterocycles. The summed E-state index contributed by atoms with van der Waals surface area (Å²) in [5, 5.41) is 8.21. The lowest BCUT2D eigenvalue weighted by atomic mass is 9.74. The quantitative estimate of drug-likeness (QED) is 0.669. The molecule has 0 bridgehead atoms. The number of carbonyl (C=O) groups is 1. The Morgan fingerprint density at radius 2 is 1.82 bits per heavy atom. The van der Waals surface area contributed by atoms with Gasteiger partial charge in [0.1, 0.15) is 5.82 Å². The van der Waals surface area contributed by atoms with Gasteiger partial charge >= 0.3 is 6.09 Å². The van der Waals surface area contributed by atoms with Crippen LogP contribution in [0.25, 0.3) is 10.9 Å². The van der Waals surface area contributed by atoms with Crippen molar-refractivity contribution in [2.75, 3.05) is 0 Å². The Balaban J connectivity index is 0.000000516. The Bertz CT molecular complexity index is 834. The van der Waals surface area contributed by atoms with Crippen LogP contribution in [0.15, 0.2) is 30.5 Å². The highest BCUT2D eigenvalue weighted by atomic mass is 19.1. The molecule has 0 spiro atoms. The normalized spacial score (nSPS) is 27.0. The van der Waals surface area contributed by atoms with E-state index in [1.165, 1.54) is 43.7 Å².